The van der Waals surface area contributed by atoms with Gasteiger partial charge in [0.15, 0.2) is 0 Å². The number of aliphatic imine (C=N–C) groups is 2. The van der Waals surface area contributed by atoms with Crippen LogP contribution in [0.1, 0.15) is 20.8 Å². The Labute approximate surface area is 80.8 Å². The van der Waals surface area contributed by atoms with E-state index in [2.05, 4.69) is 43.9 Å². The molecule has 0 heterocycles. The lowest BCUT2D eigenvalue weighted by atomic mass is 9.90. The summed E-state index contributed by atoms with van der Waals surface area (Å²) in [6, 6.07) is 0. The summed E-state index contributed by atoms with van der Waals surface area (Å²) in [6.07, 6.45) is 3.39. The van der Waals surface area contributed by atoms with E-state index in [4.69, 9.17) is 0 Å². The molecule has 2 nitrogen and oxygen atoms in total. The summed E-state index contributed by atoms with van der Waals surface area (Å²) in [5.41, 5.74) is 0.925. The van der Waals surface area contributed by atoms with Crippen LogP contribution in [-0.4, -0.2) is 18.6 Å². The van der Waals surface area contributed by atoms with Gasteiger partial charge in [-0.25, -0.2) is 4.99 Å². The minimum Gasteiger partial charge on any atom is -0.270 e. The monoisotopic (exact) mass is 178 g/mol. The molecule has 0 amide bonds. The van der Waals surface area contributed by atoms with Crippen LogP contribution in [0, 0.1) is 5.41 Å². The standard InChI is InChI=1S/C11H18N2/c1-7-9(11(3,4)5)13-10(8-2)12-6/h7-8H,1-2H2,3-6H3/b12-10-,13-9+. The van der Waals surface area contributed by atoms with Gasteiger partial charge < -0.3 is 0 Å². The second kappa shape index (κ2) is 4.75. The minimum absolute atomic E-state index is 0.000694. The molecule has 0 aliphatic carbocycles. The van der Waals surface area contributed by atoms with E-state index >= 15 is 0 Å². The van der Waals surface area contributed by atoms with Crippen LogP contribution in [0.4, 0.5) is 0 Å². The van der Waals surface area contributed by atoms with E-state index in [9.17, 15) is 0 Å². The summed E-state index contributed by atoms with van der Waals surface area (Å²) in [7, 11) is 1.70. The lowest BCUT2D eigenvalue weighted by Crippen LogP contribution is -2.19. The molecule has 0 saturated carbocycles. The molecule has 72 valence electrons. The first kappa shape index (κ1) is 11.8. The smallest absolute Gasteiger partial charge is 0.146 e. The van der Waals surface area contributed by atoms with Gasteiger partial charge in [-0.3, -0.25) is 4.99 Å². The Bertz CT molecular complexity index is 252. The molecule has 0 atom stereocenters. The maximum absolute atomic E-state index is 4.33. The third kappa shape index (κ3) is 3.83. The molecule has 0 aromatic rings. The zero-order chi connectivity index (χ0) is 10.5. The molecule has 0 aromatic heterocycles. The van der Waals surface area contributed by atoms with Gasteiger partial charge in [0, 0.05) is 18.2 Å². The molecule has 2 heteroatoms. The van der Waals surface area contributed by atoms with Gasteiger partial charge in [0.05, 0.1) is 0 Å². The van der Waals surface area contributed by atoms with Crippen molar-refractivity contribution >= 4 is 11.5 Å². The molecule has 13 heavy (non-hydrogen) atoms. The molecule has 0 saturated heterocycles. The highest BCUT2D eigenvalue weighted by atomic mass is 14.9. The molecule has 0 rings (SSSR count). The molecule has 0 bridgehead atoms. The Morgan fingerprint density at radius 3 is 1.92 bits per heavy atom. The van der Waals surface area contributed by atoms with Crippen molar-refractivity contribution in [3.05, 3.63) is 25.3 Å². The molecule has 0 fully saturated rings. The van der Waals surface area contributed by atoms with Gasteiger partial charge in [0.2, 0.25) is 0 Å². The van der Waals surface area contributed by atoms with E-state index < -0.39 is 0 Å². The van der Waals surface area contributed by atoms with Crippen LogP contribution >= 0.6 is 0 Å². The lowest BCUT2D eigenvalue weighted by Gasteiger charge is -2.18. The fourth-order valence-electron chi connectivity index (χ4n) is 0.830. The number of hydrogen-bond acceptors (Lipinski definition) is 1. The Balaban J connectivity index is 4.98. The van der Waals surface area contributed by atoms with E-state index in [1.807, 2.05) is 0 Å². The maximum atomic E-state index is 4.33. The van der Waals surface area contributed by atoms with Crippen molar-refractivity contribution in [2.45, 2.75) is 20.8 Å². The van der Waals surface area contributed by atoms with Gasteiger partial charge in [-0.2, -0.15) is 0 Å². The second-order valence-electron chi connectivity index (χ2n) is 3.74. The molecule has 0 radical (unpaired) electrons. The summed E-state index contributed by atoms with van der Waals surface area (Å²) in [5.74, 6) is 0.643. The van der Waals surface area contributed by atoms with Gasteiger partial charge in [0.25, 0.3) is 0 Å². The van der Waals surface area contributed by atoms with Crippen LogP contribution in [-0.2, 0) is 0 Å². The fourth-order valence-corrected chi connectivity index (χ4v) is 0.830. The van der Waals surface area contributed by atoms with E-state index in [1.54, 1.807) is 19.2 Å². The minimum atomic E-state index is 0.000694. The van der Waals surface area contributed by atoms with Gasteiger partial charge in [-0.05, 0) is 12.2 Å². The number of rotatable bonds is 2. The molecule has 0 aliphatic heterocycles. The quantitative estimate of drug-likeness (QED) is 0.459. The summed E-state index contributed by atoms with van der Waals surface area (Å²) < 4.78 is 0. The van der Waals surface area contributed by atoms with Crippen LogP contribution in [0.3, 0.4) is 0 Å². The highest BCUT2D eigenvalue weighted by molar-refractivity contribution is 6.09. The summed E-state index contributed by atoms with van der Waals surface area (Å²) in [6.45, 7) is 13.6. The molecule has 0 aromatic carbocycles. The zero-order valence-electron chi connectivity index (χ0n) is 8.96. The summed E-state index contributed by atoms with van der Waals surface area (Å²) in [5, 5.41) is 0. The number of hydrogen-bond donors (Lipinski definition) is 0. The van der Waals surface area contributed by atoms with Crippen molar-refractivity contribution < 1.29 is 0 Å². The highest BCUT2D eigenvalue weighted by Crippen LogP contribution is 2.16. The van der Waals surface area contributed by atoms with Crippen molar-refractivity contribution in [3.8, 4) is 0 Å². The van der Waals surface area contributed by atoms with Gasteiger partial charge in [-0.15, -0.1) is 0 Å². The molecular weight excluding hydrogens is 160 g/mol. The van der Waals surface area contributed by atoms with Gasteiger partial charge in [0.1, 0.15) is 5.84 Å². The molecule has 0 aliphatic rings. The highest BCUT2D eigenvalue weighted by Gasteiger charge is 2.15. The largest absolute Gasteiger partial charge is 0.270 e. The first-order valence-corrected chi connectivity index (χ1v) is 4.26. The lowest BCUT2D eigenvalue weighted by molar-refractivity contribution is 0.595. The average Bonchev–Trinajstić information content (AvgIpc) is 2.04. The van der Waals surface area contributed by atoms with E-state index in [0.29, 0.717) is 5.84 Å². The zero-order valence-corrected chi connectivity index (χ0v) is 8.96. The van der Waals surface area contributed by atoms with Crippen LogP contribution in [0.2, 0.25) is 0 Å². The predicted octanol–water partition coefficient (Wildman–Crippen LogP) is 2.87. The molecular formula is C11H18N2. The van der Waals surface area contributed by atoms with Crippen LogP contribution in [0.15, 0.2) is 35.3 Å². The average molecular weight is 178 g/mol. The number of amidine groups is 1. The van der Waals surface area contributed by atoms with E-state index in [0.717, 1.165) is 5.71 Å². The normalized spacial score (nSPS) is 14.2. The molecule has 0 N–H and O–H groups in total. The Morgan fingerprint density at radius 2 is 1.69 bits per heavy atom. The van der Waals surface area contributed by atoms with Crippen LogP contribution in [0.5, 0.6) is 0 Å². The number of allylic oxidation sites excluding steroid dienone is 1. The van der Waals surface area contributed by atoms with Gasteiger partial charge in [-0.1, -0.05) is 33.9 Å². The van der Waals surface area contributed by atoms with Crippen molar-refractivity contribution in [1.82, 2.24) is 0 Å². The van der Waals surface area contributed by atoms with Gasteiger partial charge >= 0.3 is 0 Å². The van der Waals surface area contributed by atoms with Crippen LogP contribution in [0.25, 0.3) is 0 Å². The van der Waals surface area contributed by atoms with Crippen molar-refractivity contribution in [3.63, 3.8) is 0 Å². The Hall–Kier alpha value is -1.18. The van der Waals surface area contributed by atoms with E-state index in [-0.39, 0.29) is 5.41 Å². The number of nitrogens with zero attached hydrogens (tertiary/aromatic N) is 2. The SMILES string of the molecule is C=CC(=N/C)/N=C(\C=C)C(C)(C)C. The Morgan fingerprint density at radius 1 is 1.15 bits per heavy atom. The maximum Gasteiger partial charge on any atom is 0.146 e. The molecule has 0 unspecified atom stereocenters. The van der Waals surface area contributed by atoms with Crippen LogP contribution < -0.4 is 0 Å². The Kier molecular flexibility index (Phi) is 4.32. The first-order valence-electron chi connectivity index (χ1n) is 4.26. The van der Waals surface area contributed by atoms with Crippen molar-refractivity contribution in [1.29, 1.82) is 0 Å². The summed E-state index contributed by atoms with van der Waals surface area (Å²) in [4.78, 5) is 8.30. The van der Waals surface area contributed by atoms with Crippen molar-refractivity contribution in [2.24, 2.45) is 15.4 Å². The summed E-state index contributed by atoms with van der Waals surface area (Å²) >= 11 is 0. The second-order valence-corrected chi connectivity index (χ2v) is 3.74. The fraction of sp³-hybridized carbons (Fsp3) is 0.455. The third-order valence-corrected chi connectivity index (χ3v) is 1.61. The predicted molar refractivity (Wildman–Crippen MR) is 60.6 cm³/mol. The molecule has 0 spiro atoms. The third-order valence-electron chi connectivity index (χ3n) is 1.61. The van der Waals surface area contributed by atoms with E-state index in [1.165, 1.54) is 0 Å². The first-order chi connectivity index (χ1) is 5.95. The van der Waals surface area contributed by atoms with Crippen molar-refractivity contribution in [2.75, 3.05) is 7.05 Å². The topological polar surface area (TPSA) is 24.7 Å².